The summed E-state index contributed by atoms with van der Waals surface area (Å²) in [6.45, 7) is 1.13. The molecular formula is C13H15NO6. The topological polar surface area (TPSA) is 87.9 Å². The van der Waals surface area contributed by atoms with Gasteiger partial charge < -0.3 is 14.2 Å². The van der Waals surface area contributed by atoms with Crippen LogP contribution in [-0.4, -0.2) is 37.3 Å². The van der Waals surface area contributed by atoms with Gasteiger partial charge in [0.15, 0.2) is 5.75 Å². The van der Waals surface area contributed by atoms with Crippen molar-refractivity contribution in [3.05, 3.63) is 33.9 Å². The fourth-order valence-corrected chi connectivity index (χ4v) is 1.98. The Morgan fingerprint density at radius 3 is 2.70 bits per heavy atom. The lowest BCUT2D eigenvalue weighted by molar-refractivity contribution is -0.386. The van der Waals surface area contributed by atoms with Crippen LogP contribution in [0.15, 0.2) is 18.2 Å². The van der Waals surface area contributed by atoms with Crippen LogP contribution in [0.5, 0.6) is 5.75 Å². The van der Waals surface area contributed by atoms with Crippen molar-refractivity contribution in [3.8, 4) is 5.75 Å². The largest absolute Gasteiger partial charge is 0.483 e. The summed E-state index contributed by atoms with van der Waals surface area (Å²) >= 11 is 0. The third-order valence-electron chi connectivity index (χ3n) is 3.04. The Labute approximate surface area is 115 Å². The van der Waals surface area contributed by atoms with Gasteiger partial charge in [-0.25, -0.2) is 4.79 Å². The summed E-state index contributed by atoms with van der Waals surface area (Å²) in [5, 5.41) is 11.0. The molecule has 1 aliphatic heterocycles. The average Bonchev–Trinajstić information content (AvgIpc) is 2.47. The number of benzene rings is 1. The second kappa shape index (κ2) is 6.33. The maximum atomic E-state index is 11.5. The molecule has 0 amide bonds. The smallest absolute Gasteiger partial charge is 0.337 e. The minimum absolute atomic E-state index is 0.0878. The quantitative estimate of drug-likeness (QED) is 0.476. The van der Waals surface area contributed by atoms with Crippen LogP contribution in [0.2, 0.25) is 0 Å². The Morgan fingerprint density at radius 1 is 1.40 bits per heavy atom. The lowest BCUT2D eigenvalue weighted by atomic mass is 10.1. The Hall–Kier alpha value is -2.15. The fraction of sp³-hybridized carbons (Fsp3) is 0.462. The van der Waals surface area contributed by atoms with Crippen LogP contribution in [0.3, 0.4) is 0 Å². The third-order valence-corrected chi connectivity index (χ3v) is 3.04. The number of nitro groups is 1. The van der Waals surface area contributed by atoms with Gasteiger partial charge in [-0.3, -0.25) is 10.1 Å². The van der Waals surface area contributed by atoms with Crippen LogP contribution in [0.25, 0.3) is 0 Å². The number of carbonyl (C=O) groups is 1. The summed E-state index contributed by atoms with van der Waals surface area (Å²) in [6, 6.07) is 3.95. The normalized spacial score (nSPS) is 15.7. The zero-order chi connectivity index (χ0) is 14.5. The van der Waals surface area contributed by atoms with Crippen LogP contribution in [-0.2, 0) is 9.47 Å². The number of rotatable bonds is 4. The molecule has 1 aromatic carbocycles. The molecule has 0 atom stereocenters. The lowest BCUT2D eigenvalue weighted by Crippen LogP contribution is -2.26. The van der Waals surface area contributed by atoms with Crippen molar-refractivity contribution in [2.75, 3.05) is 20.3 Å². The summed E-state index contributed by atoms with van der Waals surface area (Å²) in [4.78, 5) is 21.9. The molecule has 0 aromatic heterocycles. The third kappa shape index (κ3) is 3.24. The van der Waals surface area contributed by atoms with E-state index in [1.807, 2.05) is 0 Å². The van der Waals surface area contributed by atoms with Crippen molar-refractivity contribution in [3.63, 3.8) is 0 Å². The summed E-state index contributed by atoms with van der Waals surface area (Å²) in [7, 11) is 1.25. The molecule has 1 saturated heterocycles. The molecule has 1 heterocycles. The summed E-state index contributed by atoms with van der Waals surface area (Å²) in [5.41, 5.74) is 0.0595. The standard InChI is InChI=1S/C13H15NO6/c1-18-13(15)9-2-3-11(14(16)17)12(8-9)20-10-4-6-19-7-5-10/h2-3,8,10H,4-7H2,1H3. The van der Waals surface area contributed by atoms with Gasteiger partial charge in [-0.15, -0.1) is 0 Å². The van der Waals surface area contributed by atoms with Crippen molar-refractivity contribution in [2.45, 2.75) is 18.9 Å². The monoisotopic (exact) mass is 281 g/mol. The van der Waals surface area contributed by atoms with Crippen molar-refractivity contribution >= 4 is 11.7 Å². The number of carbonyl (C=O) groups excluding carboxylic acids is 1. The van der Waals surface area contributed by atoms with Gasteiger partial charge in [-0.1, -0.05) is 0 Å². The highest BCUT2D eigenvalue weighted by Crippen LogP contribution is 2.30. The van der Waals surface area contributed by atoms with Crippen molar-refractivity contribution in [2.24, 2.45) is 0 Å². The van der Waals surface area contributed by atoms with Gasteiger partial charge in [0.2, 0.25) is 0 Å². The van der Waals surface area contributed by atoms with Gasteiger partial charge in [0.05, 0.1) is 30.8 Å². The number of methoxy groups -OCH3 is 1. The highest BCUT2D eigenvalue weighted by atomic mass is 16.6. The molecule has 0 spiro atoms. The zero-order valence-electron chi connectivity index (χ0n) is 11.0. The van der Waals surface area contributed by atoms with E-state index in [0.717, 1.165) is 0 Å². The molecule has 0 bridgehead atoms. The predicted octanol–water partition coefficient (Wildman–Crippen LogP) is 1.94. The number of hydrogen-bond donors (Lipinski definition) is 0. The molecule has 0 N–H and O–H groups in total. The van der Waals surface area contributed by atoms with Crippen LogP contribution in [0.4, 0.5) is 5.69 Å². The van der Waals surface area contributed by atoms with Crippen molar-refractivity contribution in [1.82, 2.24) is 0 Å². The summed E-state index contributed by atoms with van der Waals surface area (Å²) in [6.07, 6.45) is 1.19. The molecule has 0 radical (unpaired) electrons. The van der Waals surface area contributed by atoms with Gasteiger partial charge >= 0.3 is 11.7 Å². The maximum absolute atomic E-state index is 11.5. The number of nitrogens with zero attached hydrogens (tertiary/aromatic N) is 1. The van der Waals surface area contributed by atoms with E-state index in [0.29, 0.717) is 26.1 Å². The molecule has 7 heteroatoms. The Balaban J connectivity index is 2.26. The van der Waals surface area contributed by atoms with E-state index in [4.69, 9.17) is 9.47 Å². The zero-order valence-corrected chi connectivity index (χ0v) is 11.0. The number of nitro benzene ring substituents is 1. The average molecular weight is 281 g/mol. The molecule has 1 fully saturated rings. The first kappa shape index (κ1) is 14.3. The molecule has 0 unspecified atom stereocenters. The van der Waals surface area contributed by atoms with Crippen molar-refractivity contribution < 1.29 is 23.9 Å². The predicted molar refractivity (Wildman–Crippen MR) is 68.9 cm³/mol. The molecule has 108 valence electrons. The number of ether oxygens (including phenoxy) is 3. The first-order valence-corrected chi connectivity index (χ1v) is 6.23. The summed E-state index contributed by atoms with van der Waals surface area (Å²) < 4.78 is 15.5. The highest BCUT2D eigenvalue weighted by Gasteiger charge is 2.23. The van der Waals surface area contributed by atoms with E-state index < -0.39 is 10.9 Å². The van der Waals surface area contributed by atoms with Crippen LogP contribution in [0.1, 0.15) is 23.2 Å². The maximum Gasteiger partial charge on any atom is 0.337 e. The van der Waals surface area contributed by atoms with E-state index in [9.17, 15) is 14.9 Å². The fourth-order valence-electron chi connectivity index (χ4n) is 1.98. The van der Waals surface area contributed by atoms with Gasteiger partial charge in [0.25, 0.3) is 0 Å². The minimum atomic E-state index is -0.559. The number of hydrogen-bond acceptors (Lipinski definition) is 6. The van der Waals surface area contributed by atoms with E-state index in [1.165, 1.54) is 25.3 Å². The second-order valence-corrected chi connectivity index (χ2v) is 4.36. The molecule has 0 aliphatic carbocycles. The molecule has 0 saturated carbocycles. The Morgan fingerprint density at radius 2 is 2.10 bits per heavy atom. The Bertz CT molecular complexity index is 510. The van der Waals surface area contributed by atoms with E-state index in [2.05, 4.69) is 4.74 Å². The first-order valence-electron chi connectivity index (χ1n) is 6.23. The Kier molecular flexibility index (Phi) is 4.52. The van der Waals surface area contributed by atoms with Crippen molar-refractivity contribution in [1.29, 1.82) is 0 Å². The van der Waals surface area contributed by atoms with Gasteiger partial charge in [0, 0.05) is 25.0 Å². The highest BCUT2D eigenvalue weighted by molar-refractivity contribution is 5.90. The molecule has 7 nitrogen and oxygen atoms in total. The molecular weight excluding hydrogens is 266 g/mol. The molecule has 2 rings (SSSR count). The van der Waals surface area contributed by atoms with Crippen LogP contribution < -0.4 is 4.74 Å². The van der Waals surface area contributed by atoms with Gasteiger partial charge in [0.1, 0.15) is 6.10 Å². The van der Waals surface area contributed by atoms with E-state index in [1.54, 1.807) is 0 Å². The van der Waals surface area contributed by atoms with E-state index >= 15 is 0 Å². The lowest BCUT2D eigenvalue weighted by Gasteiger charge is -2.23. The molecule has 20 heavy (non-hydrogen) atoms. The van der Waals surface area contributed by atoms with E-state index in [-0.39, 0.29) is 23.1 Å². The molecule has 1 aromatic rings. The number of esters is 1. The SMILES string of the molecule is COC(=O)c1ccc([N+](=O)[O-])c(OC2CCOCC2)c1. The minimum Gasteiger partial charge on any atom is -0.483 e. The molecule has 1 aliphatic rings. The second-order valence-electron chi connectivity index (χ2n) is 4.36. The summed E-state index contributed by atoms with van der Waals surface area (Å²) in [5.74, 6) is -0.471. The van der Waals surface area contributed by atoms with Gasteiger partial charge in [-0.05, 0) is 6.07 Å². The van der Waals surface area contributed by atoms with Crippen LogP contribution in [0, 0.1) is 10.1 Å². The van der Waals surface area contributed by atoms with Crippen LogP contribution >= 0.6 is 0 Å². The first-order chi connectivity index (χ1) is 9.61. The van der Waals surface area contributed by atoms with Gasteiger partial charge in [-0.2, -0.15) is 0 Å².